The van der Waals surface area contributed by atoms with E-state index in [0.717, 1.165) is 6.07 Å². The maximum Gasteiger partial charge on any atom is 0.340 e. The highest BCUT2D eigenvalue weighted by atomic mass is 35.5. The number of halogens is 3. The number of hydrogen-bond acceptors (Lipinski definition) is 4. The SMILES string of the molecule is COC(=O)c1c(-c2ccc(Cl)cc2Cl)ccc(-c2cc(F)cc(C#N)c2)c1N. The number of hydrogen-bond donors (Lipinski definition) is 1. The summed E-state index contributed by atoms with van der Waals surface area (Å²) in [5.74, 6) is -1.25. The molecule has 0 amide bonds. The molecule has 0 aliphatic heterocycles. The van der Waals surface area contributed by atoms with Crippen LogP contribution in [0.5, 0.6) is 0 Å². The van der Waals surface area contributed by atoms with Crippen molar-refractivity contribution in [1.82, 2.24) is 0 Å². The summed E-state index contributed by atoms with van der Waals surface area (Å²) in [5.41, 5.74) is 8.35. The lowest BCUT2D eigenvalue weighted by atomic mass is 9.92. The number of ether oxygens (including phenoxy) is 1. The number of nitrogen functional groups attached to an aromatic ring is 1. The first-order chi connectivity index (χ1) is 13.3. The zero-order valence-electron chi connectivity index (χ0n) is 14.6. The number of nitrogens with zero attached hydrogens (tertiary/aromatic N) is 1. The average Bonchev–Trinajstić information content (AvgIpc) is 2.66. The Labute approximate surface area is 170 Å². The van der Waals surface area contributed by atoms with Crippen molar-refractivity contribution in [3.8, 4) is 28.3 Å². The molecule has 0 radical (unpaired) electrons. The first kappa shape index (κ1) is 19.7. The molecule has 0 unspecified atom stereocenters. The fourth-order valence-corrected chi connectivity index (χ4v) is 3.45. The first-order valence-electron chi connectivity index (χ1n) is 8.03. The van der Waals surface area contributed by atoms with Crippen LogP contribution in [0.3, 0.4) is 0 Å². The Morgan fingerprint density at radius 2 is 1.75 bits per heavy atom. The molecule has 7 heteroatoms. The zero-order valence-corrected chi connectivity index (χ0v) is 16.1. The minimum atomic E-state index is -0.669. The molecule has 3 aromatic carbocycles. The van der Waals surface area contributed by atoms with E-state index >= 15 is 0 Å². The molecule has 0 bridgehead atoms. The Hall–Kier alpha value is -3.07. The van der Waals surface area contributed by atoms with Gasteiger partial charge in [0.25, 0.3) is 0 Å². The minimum absolute atomic E-state index is 0.0878. The average molecular weight is 415 g/mol. The second-order valence-corrected chi connectivity index (χ2v) is 6.75. The monoisotopic (exact) mass is 414 g/mol. The summed E-state index contributed by atoms with van der Waals surface area (Å²) < 4.78 is 18.8. The Kier molecular flexibility index (Phi) is 5.55. The van der Waals surface area contributed by atoms with Gasteiger partial charge in [-0.1, -0.05) is 41.4 Å². The number of nitrogens with two attached hydrogens (primary N) is 1. The predicted molar refractivity (Wildman–Crippen MR) is 108 cm³/mol. The molecular weight excluding hydrogens is 402 g/mol. The van der Waals surface area contributed by atoms with Gasteiger partial charge in [-0.15, -0.1) is 0 Å². The van der Waals surface area contributed by atoms with Crippen molar-refractivity contribution in [2.75, 3.05) is 12.8 Å². The molecule has 0 spiro atoms. The van der Waals surface area contributed by atoms with Gasteiger partial charge in [-0.25, -0.2) is 9.18 Å². The van der Waals surface area contributed by atoms with Crippen LogP contribution in [0.1, 0.15) is 15.9 Å². The van der Waals surface area contributed by atoms with Crippen LogP contribution in [0.15, 0.2) is 48.5 Å². The van der Waals surface area contributed by atoms with Gasteiger partial charge < -0.3 is 10.5 Å². The number of carbonyl (C=O) groups excluding carboxylic acids is 1. The van der Waals surface area contributed by atoms with Crippen molar-refractivity contribution in [3.63, 3.8) is 0 Å². The van der Waals surface area contributed by atoms with Crippen LogP contribution in [-0.4, -0.2) is 13.1 Å². The number of esters is 1. The van der Waals surface area contributed by atoms with E-state index in [1.165, 1.54) is 19.2 Å². The molecule has 140 valence electrons. The number of nitriles is 1. The fourth-order valence-electron chi connectivity index (χ4n) is 2.94. The van der Waals surface area contributed by atoms with Crippen LogP contribution in [0.4, 0.5) is 10.1 Å². The molecule has 4 nitrogen and oxygen atoms in total. The second kappa shape index (κ2) is 7.89. The molecule has 0 fully saturated rings. The lowest BCUT2D eigenvalue weighted by molar-refractivity contribution is 0.0603. The van der Waals surface area contributed by atoms with E-state index in [4.69, 9.17) is 38.9 Å². The van der Waals surface area contributed by atoms with Gasteiger partial charge in [0.2, 0.25) is 0 Å². The van der Waals surface area contributed by atoms with Crippen LogP contribution >= 0.6 is 23.2 Å². The molecule has 0 aliphatic rings. The van der Waals surface area contributed by atoms with E-state index in [1.54, 1.807) is 30.3 Å². The maximum absolute atomic E-state index is 13.9. The predicted octanol–water partition coefficient (Wildman–Crippen LogP) is 5.71. The quantitative estimate of drug-likeness (QED) is 0.439. The van der Waals surface area contributed by atoms with E-state index in [1.807, 2.05) is 6.07 Å². The Balaban J connectivity index is 2.29. The third-order valence-electron chi connectivity index (χ3n) is 4.19. The first-order valence-corrected chi connectivity index (χ1v) is 8.78. The summed E-state index contributed by atoms with van der Waals surface area (Å²) in [6.45, 7) is 0. The maximum atomic E-state index is 13.9. The Morgan fingerprint density at radius 1 is 1.07 bits per heavy atom. The van der Waals surface area contributed by atoms with E-state index in [0.29, 0.717) is 32.3 Å². The van der Waals surface area contributed by atoms with Gasteiger partial charge in [0.1, 0.15) is 5.82 Å². The molecule has 0 saturated heterocycles. The molecule has 3 rings (SSSR count). The van der Waals surface area contributed by atoms with E-state index in [2.05, 4.69) is 0 Å². The number of rotatable bonds is 3. The van der Waals surface area contributed by atoms with Crippen LogP contribution < -0.4 is 5.73 Å². The van der Waals surface area contributed by atoms with Crippen LogP contribution in [-0.2, 0) is 4.74 Å². The summed E-state index contributed by atoms with van der Waals surface area (Å²) in [6, 6.07) is 13.9. The second-order valence-electron chi connectivity index (χ2n) is 5.91. The number of carbonyl (C=O) groups is 1. The lowest BCUT2D eigenvalue weighted by Crippen LogP contribution is -2.09. The molecule has 0 atom stereocenters. The molecule has 0 heterocycles. The van der Waals surface area contributed by atoms with Crippen molar-refractivity contribution in [2.24, 2.45) is 0 Å². The third-order valence-corrected chi connectivity index (χ3v) is 4.74. The largest absolute Gasteiger partial charge is 0.465 e. The summed E-state index contributed by atoms with van der Waals surface area (Å²) in [7, 11) is 1.23. The fraction of sp³-hybridized carbons (Fsp3) is 0.0476. The van der Waals surface area contributed by atoms with Gasteiger partial charge in [0, 0.05) is 21.2 Å². The van der Waals surface area contributed by atoms with Gasteiger partial charge in [-0.05, 0) is 41.5 Å². The molecule has 0 saturated carbocycles. The Bertz CT molecular complexity index is 1140. The van der Waals surface area contributed by atoms with Crippen molar-refractivity contribution in [2.45, 2.75) is 0 Å². The highest BCUT2D eigenvalue weighted by Gasteiger charge is 2.22. The van der Waals surface area contributed by atoms with Crippen molar-refractivity contribution < 1.29 is 13.9 Å². The van der Waals surface area contributed by atoms with E-state index in [9.17, 15) is 9.18 Å². The van der Waals surface area contributed by atoms with Gasteiger partial charge >= 0.3 is 5.97 Å². The van der Waals surface area contributed by atoms with Crippen molar-refractivity contribution >= 4 is 34.9 Å². The standard InChI is InChI=1S/C21H13Cl2FN2O2/c1-28-21(27)19-17(16-3-2-13(22)9-18(16)23)5-4-15(20(19)26)12-6-11(10-25)7-14(24)8-12/h2-9H,26H2,1H3. The van der Waals surface area contributed by atoms with Gasteiger partial charge in [-0.3, -0.25) is 0 Å². The third kappa shape index (κ3) is 3.65. The van der Waals surface area contributed by atoms with Crippen LogP contribution in [0.25, 0.3) is 22.3 Å². The van der Waals surface area contributed by atoms with Gasteiger partial charge in [0.15, 0.2) is 0 Å². The van der Waals surface area contributed by atoms with E-state index in [-0.39, 0.29) is 16.8 Å². The molecule has 2 N–H and O–H groups in total. The summed E-state index contributed by atoms with van der Waals surface area (Å²) in [4.78, 5) is 12.5. The number of anilines is 1. The lowest BCUT2D eigenvalue weighted by Gasteiger charge is -2.16. The van der Waals surface area contributed by atoms with Crippen molar-refractivity contribution in [1.29, 1.82) is 5.26 Å². The summed E-state index contributed by atoms with van der Waals surface area (Å²) >= 11 is 12.2. The Morgan fingerprint density at radius 3 is 2.39 bits per heavy atom. The topological polar surface area (TPSA) is 76.1 Å². The molecular formula is C21H13Cl2FN2O2. The van der Waals surface area contributed by atoms with Gasteiger partial charge in [0.05, 0.1) is 30.0 Å². The smallest absolute Gasteiger partial charge is 0.340 e. The minimum Gasteiger partial charge on any atom is -0.465 e. The van der Waals surface area contributed by atoms with Crippen molar-refractivity contribution in [3.05, 3.63) is 75.5 Å². The molecule has 0 aromatic heterocycles. The summed E-state index contributed by atoms with van der Waals surface area (Å²) in [5, 5.41) is 9.86. The van der Waals surface area contributed by atoms with Crippen LogP contribution in [0, 0.1) is 17.1 Å². The normalized spacial score (nSPS) is 10.4. The van der Waals surface area contributed by atoms with Crippen LogP contribution in [0.2, 0.25) is 10.0 Å². The highest BCUT2D eigenvalue weighted by molar-refractivity contribution is 6.36. The van der Waals surface area contributed by atoms with Gasteiger partial charge in [-0.2, -0.15) is 5.26 Å². The number of benzene rings is 3. The molecule has 0 aliphatic carbocycles. The number of methoxy groups -OCH3 is 1. The van der Waals surface area contributed by atoms with E-state index < -0.39 is 11.8 Å². The summed E-state index contributed by atoms with van der Waals surface area (Å²) in [6.07, 6.45) is 0. The zero-order chi connectivity index (χ0) is 20.4. The highest BCUT2D eigenvalue weighted by Crippen LogP contribution is 2.39. The molecule has 3 aromatic rings. The molecule has 28 heavy (non-hydrogen) atoms.